The molecule has 8 nitrogen and oxygen atoms in total. The van der Waals surface area contributed by atoms with Crippen LogP contribution < -0.4 is 4.90 Å². The van der Waals surface area contributed by atoms with Gasteiger partial charge in [-0.2, -0.15) is 4.98 Å². The summed E-state index contributed by atoms with van der Waals surface area (Å²) < 4.78 is 24.7. The van der Waals surface area contributed by atoms with Crippen molar-refractivity contribution in [1.82, 2.24) is 24.9 Å². The monoisotopic (exact) mass is 456 g/mol. The maximum absolute atomic E-state index is 14.6. The predicted octanol–water partition coefficient (Wildman–Crippen LogP) is 4.32. The zero-order valence-electron chi connectivity index (χ0n) is 18.0. The van der Waals surface area contributed by atoms with Crippen molar-refractivity contribution in [1.29, 1.82) is 0 Å². The maximum Gasteiger partial charge on any atom is 0.228 e. The molecule has 0 aliphatic carbocycles. The molecule has 0 bridgehead atoms. The topological polar surface area (TPSA) is 90.1 Å². The molecule has 0 amide bonds. The van der Waals surface area contributed by atoms with E-state index in [4.69, 9.17) is 20.8 Å². The molecular formula is C22H22ClFN6O2. The average Bonchev–Trinajstić information content (AvgIpc) is 3.26. The third-order valence-corrected chi connectivity index (χ3v) is 5.20. The summed E-state index contributed by atoms with van der Waals surface area (Å²) in [4.78, 5) is 24.1. The molecule has 166 valence electrons. The maximum atomic E-state index is 14.6. The number of ether oxygens (including phenoxy) is 1. The first-order valence-corrected chi connectivity index (χ1v) is 10.5. The van der Waals surface area contributed by atoms with Gasteiger partial charge in [0.15, 0.2) is 11.5 Å². The molecule has 4 aromatic rings. The van der Waals surface area contributed by atoms with Crippen molar-refractivity contribution in [3.8, 4) is 11.3 Å². The molecule has 1 saturated heterocycles. The zero-order valence-corrected chi connectivity index (χ0v) is 18.7. The van der Waals surface area contributed by atoms with E-state index >= 15 is 0 Å². The Hall–Kier alpha value is -3.17. The van der Waals surface area contributed by atoms with Crippen LogP contribution in [0.4, 0.5) is 10.3 Å². The number of anilines is 1. The smallest absolute Gasteiger partial charge is 0.228 e. The van der Waals surface area contributed by atoms with E-state index in [2.05, 4.69) is 24.9 Å². The van der Waals surface area contributed by atoms with Crippen LogP contribution in [0.3, 0.4) is 0 Å². The number of aryl methyl sites for hydroxylation is 3. The zero-order chi connectivity index (χ0) is 22.7. The highest BCUT2D eigenvalue weighted by molar-refractivity contribution is 6.30. The fourth-order valence-electron chi connectivity index (χ4n) is 3.17. The van der Waals surface area contributed by atoms with Crippen LogP contribution in [0.15, 0.2) is 35.1 Å². The second-order valence-electron chi connectivity index (χ2n) is 7.21. The molecule has 0 N–H and O–H groups in total. The van der Waals surface area contributed by atoms with Crippen LogP contribution in [0.1, 0.15) is 17.3 Å². The van der Waals surface area contributed by atoms with E-state index in [1.54, 1.807) is 31.5 Å². The van der Waals surface area contributed by atoms with Gasteiger partial charge in [-0.3, -0.25) is 0 Å². The van der Waals surface area contributed by atoms with E-state index in [0.717, 1.165) is 17.3 Å². The summed E-state index contributed by atoms with van der Waals surface area (Å²) in [6.07, 6.45) is 3.17. The number of aromatic nitrogens is 5. The van der Waals surface area contributed by atoms with E-state index in [-0.39, 0.29) is 0 Å². The molecule has 0 unspecified atom stereocenters. The van der Waals surface area contributed by atoms with Crippen LogP contribution >= 0.6 is 11.6 Å². The summed E-state index contributed by atoms with van der Waals surface area (Å²) in [5.74, 6) is 0.767. The highest BCUT2D eigenvalue weighted by atomic mass is 35.5. The summed E-state index contributed by atoms with van der Waals surface area (Å²) in [7, 11) is 0. The van der Waals surface area contributed by atoms with E-state index in [1.807, 2.05) is 18.7 Å². The number of oxazole rings is 1. The van der Waals surface area contributed by atoms with Crippen LogP contribution in [-0.4, -0.2) is 51.2 Å². The number of morpholine rings is 1. The summed E-state index contributed by atoms with van der Waals surface area (Å²) in [5, 5.41) is 0.330. The van der Waals surface area contributed by atoms with Crippen molar-refractivity contribution in [3.05, 3.63) is 58.8 Å². The lowest BCUT2D eigenvalue weighted by atomic mass is 10.1. The largest absolute Gasteiger partial charge is 0.449 e. The van der Waals surface area contributed by atoms with Gasteiger partial charge < -0.3 is 14.1 Å². The fourth-order valence-corrected chi connectivity index (χ4v) is 3.33. The minimum Gasteiger partial charge on any atom is -0.449 e. The molecule has 1 aromatic carbocycles. The van der Waals surface area contributed by atoms with Gasteiger partial charge >= 0.3 is 0 Å². The molecule has 5 rings (SSSR count). The van der Waals surface area contributed by atoms with Crippen LogP contribution in [0.2, 0.25) is 5.02 Å². The van der Waals surface area contributed by atoms with Crippen molar-refractivity contribution in [3.63, 3.8) is 0 Å². The molecule has 10 heteroatoms. The summed E-state index contributed by atoms with van der Waals surface area (Å²) in [6, 6.07) is 4.52. The lowest BCUT2D eigenvalue weighted by Gasteiger charge is -2.27. The highest BCUT2D eigenvalue weighted by Gasteiger charge is 2.21. The summed E-state index contributed by atoms with van der Waals surface area (Å²) in [5.41, 5.74) is 3.22. The third kappa shape index (κ3) is 4.84. The number of benzene rings is 1. The molecule has 0 radical (unpaired) electrons. The number of nitrogens with zero attached hydrogens (tertiary/aromatic N) is 6. The van der Waals surface area contributed by atoms with E-state index < -0.39 is 5.82 Å². The first-order chi connectivity index (χ1) is 15.4. The van der Waals surface area contributed by atoms with E-state index in [0.29, 0.717) is 59.7 Å². The van der Waals surface area contributed by atoms with Gasteiger partial charge in [-0.1, -0.05) is 11.6 Å². The Morgan fingerprint density at radius 2 is 1.75 bits per heavy atom. The van der Waals surface area contributed by atoms with Gasteiger partial charge in [0.05, 0.1) is 30.8 Å². The first kappa shape index (κ1) is 22.0. The second kappa shape index (κ2) is 9.54. The SMILES string of the molecule is Cc1nc2nc(N3CCOCC3)nc(-c3ccc(Cl)cc3F)c2nc1C.Cc1ncco1. The molecule has 4 heterocycles. The van der Waals surface area contributed by atoms with Gasteiger partial charge in [-0.05, 0) is 32.0 Å². The Morgan fingerprint density at radius 1 is 1.00 bits per heavy atom. The Kier molecular flexibility index (Phi) is 6.57. The molecule has 32 heavy (non-hydrogen) atoms. The van der Waals surface area contributed by atoms with Gasteiger partial charge in [-0.15, -0.1) is 0 Å². The first-order valence-electron chi connectivity index (χ1n) is 10.1. The Labute approximate surface area is 189 Å². The van der Waals surface area contributed by atoms with Crippen molar-refractivity contribution in [2.45, 2.75) is 20.8 Å². The van der Waals surface area contributed by atoms with Gasteiger partial charge in [0, 0.05) is 30.6 Å². The normalized spacial score (nSPS) is 13.7. The average molecular weight is 457 g/mol. The molecule has 0 saturated carbocycles. The van der Waals surface area contributed by atoms with Crippen LogP contribution in [0.25, 0.3) is 22.4 Å². The van der Waals surface area contributed by atoms with E-state index in [9.17, 15) is 4.39 Å². The number of halogens is 2. The Bertz CT molecular complexity index is 1230. The standard InChI is InChI=1S/C18H17ClFN5O.C4H5NO/c1-10-11(2)22-17-16(21-10)15(13-4-3-12(19)9-14(13)20)23-18(24-17)25-5-7-26-8-6-25;1-4-5-2-3-6-4/h3-4,9H,5-8H2,1-2H3;2-3H,1H3. The molecule has 0 atom stereocenters. The van der Waals surface area contributed by atoms with Crippen molar-refractivity contribution < 1.29 is 13.5 Å². The van der Waals surface area contributed by atoms with Crippen molar-refractivity contribution in [2.24, 2.45) is 0 Å². The molecule has 3 aromatic heterocycles. The van der Waals surface area contributed by atoms with Gasteiger partial charge in [0.2, 0.25) is 5.95 Å². The number of hydrogen-bond donors (Lipinski definition) is 0. The molecule has 1 aliphatic rings. The number of rotatable bonds is 2. The lowest BCUT2D eigenvalue weighted by Crippen LogP contribution is -2.37. The van der Waals surface area contributed by atoms with E-state index in [1.165, 1.54) is 6.07 Å². The molecular weight excluding hydrogens is 435 g/mol. The van der Waals surface area contributed by atoms with Gasteiger partial charge in [-0.25, -0.2) is 24.3 Å². The minimum absolute atomic E-state index is 0.328. The quantitative estimate of drug-likeness (QED) is 0.440. The summed E-state index contributed by atoms with van der Waals surface area (Å²) >= 11 is 5.90. The fraction of sp³-hybridized carbons (Fsp3) is 0.318. The number of fused-ring (bicyclic) bond motifs is 1. The van der Waals surface area contributed by atoms with Crippen LogP contribution in [0, 0.1) is 26.6 Å². The Balaban J connectivity index is 0.000000354. The molecule has 1 aliphatic heterocycles. The van der Waals surface area contributed by atoms with Crippen LogP contribution in [-0.2, 0) is 4.74 Å². The number of hydrogen-bond acceptors (Lipinski definition) is 8. The van der Waals surface area contributed by atoms with Gasteiger partial charge in [0.1, 0.15) is 23.3 Å². The molecule has 1 fully saturated rings. The summed E-state index contributed by atoms with van der Waals surface area (Å²) in [6.45, 7) is 8.09. The Morgan fingerprint density at radius 3 is 2.38 bits per heavy atom. The second-order valence-corrected chi connectivity index (χ2v) is 7.65. The predicted molar refractivity (Wildman–Crippen MR) is 119 cm³/mol. The lowest BCUT2D eigenvalue weighted by molar-refractivity contribution is 0.122. The highest BCUT2D eigenvalue weighted by Crippen LogP contribution is 2.30. The third-order valence-electron chi connectivity index (χ3n) is 4.97. The van der Waals surface area contributed by atoms with Gasteiger partial charge in [0.25, 0.3) is 0 Å². The minimum atomic E-state index is -0.453. The van der Waals surface area contributed by atoms with Crippen molar-refractivity contribution >= 4 is 28.7 Å². The van der Waals surface area contributed by atoms with Crippen LogP contribution in [0.5, 0.6) is 0 Å². The van der Waals surface area contributed by atoms with Crippen molar-refractivity contribution in [2.75, 3.05) is 31.2 Å². The molecule has 0 spiro atoms.